The van der Waals surface area contributed by atoms with Crippen LogP contribution in [0.4, 0.5) is 0 Å². The third-order valence-electron chi connectivity index (χ3n) is 2.08. The van der Waals surface area contributed by atoms with E-state index < -0.39 is 0 Å². The summed E-state index contributed by atoms with van der Waals surface area (Å²) in [7, 11) is 0. The van der Waals surface area contributed by atoms with Gasteiger partial charge < -0.3 is 4.74 Å². The first-order chi connectivity index (χ1) is 7.78. The quantitative estimate of drug-likeness (QED) is 0.798. The monoisotopic (exact) mass is 297 g/mol. The van der Waals surface area contributed by atoms with Crippen molar-refractivity contribution < 1.29 is 4.74 Å². The molecule has 0 saturated heterocycles. The molecule has 2 rings (SSSR count). The second kappa shape index (κ2) is 5.46. The molecule has 0 amide bonds. The van der Waals surface area contributed by atoms with E-state index in [2.05, 4.69) is 33.9 Å². The maximum absolute atomic E-state index is 5.66. The van der Waals surface area contributed by atoms with Crippen molar-refractivity contribution in [2.75, 3.05) is 0 Å². The first-order valence-corrected chi connectivity index (χ1v) is 6.91. The van der Waals surface area contributed by atoms with Gasteiger partial charge in [0.2, 0.25) is 0 Å². The van der Waals surface area contributed by atoms with Gasteiger partial charge in [0, 0.05) is 16.4 Å². The highest BCUT2D eigenvalue weighted by Gasteiger charge is 2.02. The molecule has 0 aliphatic rings. The molecule has 0 fully saturated rings. The minimum Gasteiger partial charge on any atom is -0.486 e. The van der Waals surface area contributed by atoms with Crippen LogP contribution >= 0.6 is 27.3 Å². The highest BCUT2D eigenvalue weighted by atomic mass is 79.9. The molecule has 84 valence electrons. The first kappa shape index (κ1) is 11.6. The van der Waals surface area contributed by atoms with Gasteiger partial charge in [-0.15, -0.1) is 11.3 Å². The summed E-state index contributed by atoms with van der Waals surface area (Å²) in [5.41, 5.74) is 1.21. The van der Waals surface area contributed by atoms with Crippen molar-refractivity contribution >= 4 is 27.3 Å². The minimum atomic E-state index is 0.543. The van der Waals surface area contributed by atoms with Crippen LogP contribution in [0.25, 0.3) is 0 Å². The van der Waals surface area contributed by atoms with Crippen LogP contribution in [0.15, 0.2) is 30.5 Å². The fourth-order valence-electron chi connectivity index (χ4n) is 1.33. The Morgan fingerprint density at radius 2 is 2.31 bits per heavy atom. The van der Waals surface area contributed by atoms with Gasteiger partial charge in [-0.3, -0.25) is 0 Å². The number of thiazole rings is 1. The lowest BCUT2D eigenvalue weighted by molar-refractivity contribution is 0.305. The van der Waals surface area contributed by atoms with E-state index in [1.54, 1.807) is 11.3 Å². The van der Waals surface area contributed by atoms with Gasteiger partial charge in [-0.05, 0) is 24.6 Å². The average Bonchev–Trinajstić information content (AvgIpc) is 2.74. The van der Waals surface area contributed by atoms with Crippen molar-refractivity contribution in [2.24, 2.45) is 0 Å². The summed E-state index contributed by atoms with van der Waals surface area (Å²) < 4.78 is 5.66. The Morgan fingerprint density at radius 1 is 1.44 bits per heavy atom. The summed E-state index contributed by atoms with van der Waals surface area (Å²) in [6.07, 6.45) is 1.88. The molecule has 0 atom stereocenters. The number of aryl methyl sites for hydroxylation is 1. The lowest BCUT2D eigenvalue weighted by Crippen LogP contribution is -1.94. The van der Waals surface area contributed by atoms with Crippen LogP contribution in [0, 0.1) is 6.92 Å². The van der Waals surface area contributed by atoms with E-state index in [4.69, 9.17) is 4.74 Å². The highest BCUT2D eigenvalue weighted by Crippen LogP contribution is 2.19. The largest absolute Gasteiger partial charge is 0.486 e. The lowest BCUT2D eigenvalue weighted by atomic mass is 10.2. The number of ether oxygens (including phenoxy) is 1. The zero-order valence-electron chi connectivity index (χ0n) is 8.94. The van der Waals surface area contributed by atoms with Crippen LogP contribution in [0.5, 0.6) is 5.75 Å². The number of rotatable bonds is 4. The van der Waals surface area contributed by atoms with E-state index in [-0.39, 0.29) is 0 Å². The van der Waals surface area contributed by atoms with Crippen molar-refractivity contribution in [3.8, 4) is 5.75 Å². The molecule has 0 N–H and O–H groups in total. The molecule has 0 bridgehead atoms. The van der Waals surface area contributed by atoms with Gasteiger partial charge in [-0.25, -0.2) is 4.98 Å². The standard InChI is InChI=1S/C12H12BrNOS/c1-9-3-2-4-10(5-9)15-8-12-14-7-11(6-13)16-12/h2-5,7H,6,8H2,1H3. The minimum absolute atomic E-state index is 0.543. The van der Waals surface area contributed by atoms with Crippen molar-refractivity contribution in [3.63, 3.8) is 0 Å². The Kier molecular flexibility index (Phi) is 3.96. The van der Waals surface area contributed by atoms with E-state index in [0.717, 1.165) is 16.1 Å². The first-order valence-electron chi connectivity index (χ1n) is 4.97. The SMILES string of the molecule is Cc1cccc(OCc2ncc(CBr)s2)c1. The maximum atomic E-state index is 5.66. The van der Waals surface area contributed by atoms with Crippen LogP contribution in [0.3, 0.4) is 0 Å². The number of halogens is 1. The fourth-order valence-corrected chi connectivity index (χ4v) is 2.50. The Bertz CT molecular complexity index is 470. The molecule has 0 unspecified atom stereocenters. The number of alkyl halides is 1. The second-order valence-corrected chi connectivity index (χ2v) is 5.22. The Morgan fingerprint density at radius 3 is 3.00 bits per heavy atom. The van der Waals surface area contributed by atoms with Gasteiger partial charge in [0.1, 0.15) is 17.4 Å². The third-order valence-corrected chi connectivity index (χ3v) is 4.03. The molecular formula is C12H12BrNOS. The molecule has 1 heterocycles. The van der Waals surface area contributed by atoms with Crippen molar-refractivity contribution in [2.45, 2.75) is 18.9 Å². The molecule has 0 aliphatic carbocycles. The summed E-state index contributed by atoms with van der Waals surface area (Å²) >= 11 is 5.08. The zero-order valence-corrected chi connectivity index (χ0v) is 11.3. The molecule has 0 spiro atoms. The van der Waals surface area contributed by atoms with E-state index >= 15 is 0 Å². The molecule has 0 saturated carbocycles. The summed E-state index contributed by atoms with van der Waals surface area (Å²) in [5, 5.41) is 1.87. The van der Waals surface area contributed by atoms with E-state index in [9.17, 15) is 0 Å². The van der Waals surface area contributed by atoms with Gasteiger partial charge in [0.15, 0.2) is 0 Å². The lowest BCUT2D eigenvalue weighted by Gasteiger charge is -2.04. The number of hydrogen-bond acceptors (Lipinski definition) is 3. The normalized spacial score (nSPS) is 10.4. The summed E-state index contributed by atoms with van der Waals surface area (Å²) in [6.45, 7) is 2.60. The second-order valence-electron chi connectivity index (χ2n) is 3.46. The maximum Gasteiger partial charge on any atom is 0.140 e. The predicted molar refractivity (Wildman–Crippen MR) is 70.3 cm³/mol. The summed E-state index contributed by atoms with van der Waals surface area (Å²) in [6, 6.07) is 8.04. The van der Waals surface area contributed by atoms with Crippen LogP contribution in [0.2, 0.25) is 0 Å². The van der Waals surface area contributed by atoms with Crippen LogP contribution in [0.1, 0.15) is 15.4 Å². The Labute approximate surface area is 107 Å². The number of aromatic nitrogens is 1. The van der Waals surface area contributed by atoms with E-state index in [1.165, 1.54) is 10.4 Å². The fraction of sp³-hybridized carbons (Fsp3) is 0.250. The third kappa shape index (κ3) is 3.06. The number of benzene rings is 1. The Balaban J connectivity index is 1.96. The zero-order chi connectivity index (χ0) is 11.4. The van der Waals surface area contributed by atoms with Gasteiger partial charge in [-0.1, -0.05) is 28.1 Å². The van der Waals surface area contributed by atoms with Gasteiger partial charge in [0.05, 0.1) is 0 Å². The molecule has 2 nitrogen and oxygen atoms in total. The number of nitrogens with zero attached hydrogens (tertiary/aromatic N) is 1. The van der Waals surface area contributed by atoms with Crippen LogP contribution < -0.4 is 4.74 Å². The van der Waals surface area contributed by atoms with Crippen LogP contribution in [-0.4, -0.2) is 4.98 Å². The van der Waals surface area contributed by atoms with Crippen molar-refractivity contribution in [1.29, 1.82) is 0 Å². The summed E-state index contributed by atoms with van der Waals surface area (Å²) in [5.74, 6) is 0.899. The van der Waals surface area contributed by atoms with Gasteiger partial charge >= 0.3 is 0 Å². The van der Waals surface area contributed by atoms with Crippen molar-refractivity contribution in [1.82, 2.24) is 4.98 Å². The predicted octanol–water partition coefficient (Wildman–Crippen LogP) is 3.93. The van der Waals surface area contributed by atoms with Gasteiger partial charge in [0.25, 0.3) is 0 Å². The summed E-state index contributed by atoms with van der Waals surface area (Å²) in [4.78, 5) is 5.51. The molecule has 1 aromatic carbocycles. The van der Waals surface area contributed by atoms with Gasteiger partial charge in [-0.2, -0.15) is 0 Å². The topological polar surface area (TPSA) is 22.1 Å². The molecular weight excluding hydrogens is 286 g/mol. The van der Waals surface area contributed by atoms with Crippen LogP contribution in [-0.2, 0) is 11.9 Å². The highest BCUT2D eigenvalue weighted by molar-refractivity contribution is 9.08. The smallest absolute Gasteiger partial charge is 0.140 e. The van der Waals surface area contributed by atoms with E-state index in [0.29, 0.717) is 6.61 Å². The molecule has 0 aliphatic heterocycles. The molecule has 1 aromatic heterocycles. The molecule has 4 heteroatoms. The number of hydrogen-bond donors (Lipinski definition) is 0. The molecule has 16 heavy (non-hydrogen) atoms. The van der Waals surface area contributed by atoms with Crippen molar-refractivity contribution in [3.05, 3.63) is 45.9 Å². The Hall–Kier alpha value is -0.870. The molecule has 0 radical (unpaired) electrons. The average molecular weight is 298 g/mol. The molecule has 2 aromatic rings. The van der Waals surface area contributed by atoms with E-state index in [1.807, 2.05) is 24.4 Å².